The standard InChI is InChI=1S/C20H19N3O/c1-13-14(2)23(19-9-8-17(22)11-18(13)19)20(24)10-7-15-3-5-16(12-21)6-4-15/h3-6,8-9,11H,7,10,22H2,1-2H3. The number of aryl methyl sites for hydroxylation is 2. The van der Waals surface area contributed by atoms with Crippen molar-refractivity contribution in [3.05, 3.63) is 64.8 Å². The van der Waals surface area contributed by atoms with Crippen molar-refractivity contribution in [1.29, 1.82) is 5.26 Å². The van der Waals surface area contributed by atoms with Gasteiger partial charge in [-0.05, 0) is 61.7 Å². The number of aromatic nitrogens is 1. The number of nitriles is 1. The molecular weight excluding hydrogens is 298 g/mol. The maximum Gasteiger partial charge on any atom is 0.231 e. The van der Waals surface area contributed by atoms with Crippen LogP contribution >= 0.6 is 0 Å². The molecule has 0 aliphatic carbocycles. The zero-order valence-electron chi connectivity index (χ0n) is 13.8. The van der Waals surface area contributed by atoms with Gasteiger partial charge < -0.3 is 5.73 Å². The van der Waals surface area contributed by atoms with Crippen LogP contribution in [0.15, 0.2) is 42.5 Å². The zero-order valence-corrected chi connectivity index (χ0v) is 13.8. The first-order valence-corrected chi connectivity index (χ1v) is 7.90. The molecule has 1 heterocycles. The minimum absolute atomic E-state index is 0.0692. The van der Waals surface area contributed by atoms with Crippen molar-refractivity contribution in [2.24, 2.45) is 0 Å². The van der Waals surface area contributed by atoms with Crippen LogP contribution in [-0.2, 0) is 6.42 Å². The van der Waals surface area contributed by atoms with Crippen LogP contribution in [0.1, 0.15) is 33.6 Å². The number of hydrogen-bond donors (Lipinski definition) is 1. The summed E-state index contributed by atoms with van der Waals surface area (Å²) in [5.74, 6) is 0.0692. The lowest BCUT2D eigenvalue weighted by atomic mass is 10.1. The Bertz CT molecular complexity index is 959. The van der Waals surface area contributed by atoms with E-state index in [2.05, 4.69) is 6.07 Å². The van der Waals surface area contributed by atoms with Gasteiger partial charge in [-0.3, -0.25) is 9.36 Å². The van der Waals surface area contributed by atoms with Crippen LogP contribution in [0.4, 0.5) is 5.69 Å². The predicted molar refractivity (Wildman–Crippen MR) is 95.9 cm³/mol. The molecule has 0 saturated carbocycles. The van der Waals surface area contributed by atoms with E-state index >= 15 is 0 Å². The number of nitrogen functional groups attached to an aromatic ring is 1. The summed E-state index contributed by atoms with van der Waals surface area (Å²) in [6.07, 6.45) is 1.07. The highest BCUT2D eigenvalue weighted by Gasteiger charge is 2.16. The molecule has 0 aliphatic heterocycles. The molecule has 4 nitrogen and oxygen atoms in total. The van der Waals surface area contributed by atoms with Crippen LogP contribution in [0.5, 0.6) is 0 Å². The summed E-state index contributed by atoms with van der Waals surface area (Å²) < 4.78 is 1.79. The van der Waals surface area contributed by atoms with Crippen molar-refractivity contribution in [2.45, 2.75) is 26.7 Å². The van der Waals surface area contributed by atoms with Crippen LogP contribution in [0, 0.1) is 25.2 Å². The molecule has 24 heavy (non-hydrogen) atoms. The van der Waals surface area contributed by atoms with Crippen molar-refractivity contribution in [2.75, 3.05) is 5.73 Å². The van der Waals surface area contributed by atoms with E-state index in [4.69, 9.17) is 11.0 Å². The number of rotatable bonds is 3. The summed E-state index contributed by atoms with van der Waals surface area (Å²) >= 11 is 0. The van der Waals surface area contributed by atoms with Gasteiger partial charge in [-0.25, -0.2) is 0 Å². The van der Waals surface area contributed by atoms with Gasteiger partial charge in [0.25, 0.3) is 0 Å². The molecule has 0 atom stereocenters. The fraction of sp³-hybridized carbons (Fsp3) is 0.200. The van der Waals surface area contributed by atoms with Crippen molar-refractivity contribution < 1.29 is 4.79 Å². The third kappa shape index (κ3) is 2.77. The fourth-order valence-electron chi connectivity index (χ4n) is 3.02. The Labute approximate surface area is 141 Å². The molecule has 0 unspecified atom stereocenters. The Balaban J connectivity index is 1.86. The van der Waals surface area contributed by atoms with Crippen LogP contribution in [0.3, 0.4) is 0 Å². The van der Waals surface area contributed by atoms with E-state index < -0.39 is 0 Å². The molecule has 0 bridgehead atoms. The summed E-state index contributed by atoms with van der Waals surface area (Å²) in [5.41, 5.74) is 11.2. The number of anilines is 1. The van der Waals surface area contributed by atoms with Gasteiger partial charge in [-0.2, -0.15) is 5.26 Å². The van der Waals surface area contributed by atoms with Gasteiger partial charge in [0.05, 0.1) is 17.1 Å². The third-order valence-corrected chi connectivity index (χ3v) is 4.50. The molecule has 3 aromatic rings. The quantitative estimate of drug-likeness (QED) is 0.743. The van der Waals surface area contributed by atoms with E-state index in [1.165, 1.54) is 0 Å². The Hall–Kier alpha value is -3.06. The number of carbonyl (C=O) groups excluding carboxylic acids is 1. The second-order valence-corrected chi connectivity index (χ2v) is 6.02. The average molecular weight is 317 g/mol. The number of nitrogens with two attached hydrogens (primary N) is 1. The number of fused-ring (bicyclic) bond motifs is 1. The van der Waals surface area contributed by atoms with Gasteiger partial charge in [0.15, 0.2) is 0 Å². The number of carbonyl (C=O) groups is 1. The molecule has 0 aliphatic rings. The van der Waals surface area contributed by atoms with Crippen molar-refractivity contribution in [1.82, 2.24) is 4.57 Å². The minimum Gasteiger partial charge on any atom is -0.399 e. The number of nitrogens with zero attached hydrogens (tertiary/aromatic N) is 2. The van der Waals surface area contributed by atoms with Gasteiger partial charge in [-0.1, -0.05) is 12.1 Å². The molecule has 0 spiro atoms. The van der Waals surface area contributed by atoms with Gasteiger partial charge in [0.2, 0.25) is 5.91 Å². The molecule has 3 rings (SSSR count). The molecule has 1 aromatic heterocycles. The van der Waals surface area contributed by atoms with Crippen molar-refractivity contribution >= 4 is 22.5 Å². The SMILES string of the molecule is Cc1c(C)n(C(=O)CCc2ccc(C#N)cc2)c2ccc(N)cc12. The van der Waals surface area contributed by atoms with Crippen LogP contribution in [-0.4, -0.2) is 10.5 Å². The maximum atomic E-state index is 12.8. The van der Waals surface area contributed by atoms with E-state index in [0.717, 1.165) is 27.7 Å². The van der Waals surface area contributed by atoms with E-state index in [1.807, 2.05) is 44.2 Å². The second-order valence-electron chi connectivity index (χ2n) is 6.02. The largest absolute Gasteiger partial charge is 0.399 e. The summed E-state index contributed by atoms with van der Waals surface area (Å²) in [6, 6.07) is 15.1. The van der Waals surface area contributed by atoms with Crippen LogP contribution in [0.2, 0.25) is 0 Å². The molecule has 2 aromatic carbocycles. The average Bonchev–Trinajstić information content (AvgIpc) is 2.84. The smallest absolute Gasteiger partial charge is 0.231 e. The minimum atomic E-state index is 0.0692. The molecular formula is C20H19N3O. The normalized spacial score (nSPS) is 10.7. The number of hydrogen-bond acceptors (Lipinski definition) is 3. The zero-order chi connectivity index (χ0) is 17.3. The van der Waals surface area contributed by atoms with Gasteiger partial charge in [0, 0.05) is 23.2 Å². The van der Waals surface area contributed by atoms with Gasteiger partial charge in [0.1, 0.15) is 0 Å². The molecule has 0 radical (unpaired) electrons. The third-order valence-electron chi connectivity index (χ3n) is 4.50. The summed E-state index contributed by atoms with van der Waals surface area (Å²) in [7, 11) is 0. The maximum absolute atomic E-state index is 12.8. The highest BCUT2D eigenvalue weighted by molar-refractivity contribution is 5.97. The monoisotopic (exact) mass is 317 g/mol. The van der Waals surface area contributed by atoms with Crippen LogP contribution < -0.4 is 5.73 Å². The predicted octanol–water partition coefficient (Wildman–Crippen LogP) is 3.99. The molecule has 2 N–H and O–H groups in total. The molecule has 0 amide bonds. The first-order chi connectivity index (χ1) is 11.5. The molecule has 4 heteroatoms. The van der Waals surface area contributed by atoms with Crippen molar-refractivity contribution in [3.63, 3.8) is 0 Å². The lowest BCUT2D eigenvalue weighted by Gasteiger charge is -2.07. The summed E-state index contributed by atoms with van der Waals surface area (Å²) in [4.78, 5) is 12.8. The van der Waals surface area contributed by atoms with E-state index in [0.29, 0.717) is 24.1 Å². The first-order valence-electron chi connectivity index (χ1n) is 7.90. The molecule has 0 saturated heterocycles. The summed E-state index contributed by atoms with van der Waals surface area (Å²) in [5, 5.41) is 9.86. The highest BCUT2D eigenvalue weighted by Crippen LogP contribution is 2.27. The molecule has 0 fully saturated rings. The highest BCUT2D eigenvalue weighted by atomic mass is 16.2. The van der Waals surface area contributed by atoms with Crippen LogP contribution in [0.25, 0.3) is 10.9 Å². The fourth-order valence-corrected chi connectivity index (χ4v) is 3.02. The van der Waals surface area contributed by atoms with Gasteiger partial charge >= 0.3 is 0 Å². The Morgan fingerprint density at radius 2 is 1.88 bits per heavy atom. The Morgan fingerprint density at radius 3 is 2.54 bits per heavy atom. The topological polar surface area (TPSA) is 71.8 Å². The Kier molecular flexibility index (Phi) is 4.09. The lowest BCUT2D eigenvalue weighted by Crippen LogP contribution is -2.13. The van der Waals surface area contributed by atoms with E-state index in [1.54, 1.807) is 16.7 Å². The van der Waals surface area contributed by atoms with E-state index in [9.17, 15) is 4.79 Å². The van der Waals surface area contributed by atoms with E-state index in [-0.39, 0.29) is 5.91 Å². The van der Waals surface area contributed by atoms with Crippen molar-refractivity contribution in [3.8, 4) is 6.07 Å². The Morgan fingerprint density at radius 1 is 1.17 bits per heavy atom. The first kappa shape index (κ1) is 15.8. The second kappa shape index (κ2) is 6.21. The lowest BCUT2D eigenvalue weighted by molar-refractivity contribution is 0.0906. The van der Waals surface area contributed by atoms with Gasteiger partial charge in [-0.15, -0.1) is 0 Å². The summed E-state index contributed by atoms with van der Waals surface area (Å²) in [6.45, 7) is 3.98. The molecule has 120 valence electrons. The number of benzene rings is 2.